The number of carboxylic acid groups (broad SMARTS) is 1. The van der Waals surface area contributed by atoms with Gasteiger partial charge in [-0.3, -0.25) is 9.59 Å². The van der Waals surface area contributed by atoms with E-state index in [0.29, 0.717) is 6.54 Å². The van der Waals surface area contributed by atoms with E-state index in [-0.39, 0.29) is 29.1 Å². The highest BCUT2D eigenvalue weighted by atomic mass is 16.4. The first-order valence-electron chi connectivity index (χ1n) is 7.20. The molecule has 0 aromatic heterocycles. The first-order chi connectivity index (χ1) is 8.71. The maximum Gasteiger partial charge on any atom is 0.303 e. The molecule has 1 amide bonds. The van der Waals surface area contributed by atoms with Crippen molar-refractivity contribution in [3.05, 3.63) is 0 Å². The van der Waals surface area contributed by atoms with Gasteiger partial charge in [0.05, 0.1) is 0 Å². The summed E-state index contributed by atoms with van der Waals surface area (Å²) >= 11 is 0. The van der Waals surface area contributed by atoms with E-state index in [0.717, 1.165) is 25.7 Å². The van der Waals surface area contributed by atoms with Crippen LogP contribution < -0.4 is 5.32 Å². The average molecular weight is 269 g/mol. The predicted molar refractivity (Wildman–Crippen MR) is 74.8 cm³/mol. The van der Waals surface area contributed by atoms with Crippen LogP contribution in [0.25, 0.3) is 0 Å². The molecule has 0 unspecified atom stereocenters. The minimum Gasteiger partial charge on any atom is -0.481 e. The highest BCUT2D eigenvalue weighted by Crippen LogP contribution is 2.68. The molecule has 0 bridgehead atoms. The van der Waals surface area contributed by atoms with Crippen LogP contribution in [0.15, 0.2) is 0 Å². The van der Waals surface area contributed by atoms with Crippen LogP contribution in [0.4, 0.5) is 0 Å². The van der Waals surface area contributed by atoms with Crippen molar-refractivity contribution in [3.63, 3.8) is 0 Å². The SMILES string of the molecule is CC1(C)C(C(=O)NCCCCCCC(=O)O)C1(C)C. The van der Waals surface area contributed by atoms with Crippen molar-refractivity contribution in [3.8, 4) is 0 Å². The summed E-state index contributed by atoms with van der Waals surface area (Å²) in [6, 6.07) is 0. The molecular weight excluding hydrogens is 242 g/mol. The number of hydrogen-bond acceptors (Lipinski definition) is 2. The van der Waals surface area contributed by atoms with Crippen LogP contribution in [0, 0.1) is 16.7 Å². The van der Waals surface area contributed by atoms with E-state index < -0.39 is 5.97 Å². The average Bonchev–Trinajstić information content (AvgIpc) is 2.67. The summed E-state index contributed by atoms with van der Waals surface area (Å²) in [4.78, 5) is 22.4. The third kappa shape index (κ3) is 3.71. The van der Waals surface area contributed by atoms with Gasteiger partial charge in [0.1, 0.15) is 0 Å². The van der Waals surface area contributed by atoms with Crippen molar-refractivity contribution in [1.82, 2.24) is 5.32 Å². The molecule has 1 rings (SSSR count). The van der Waals surface area contributed by atoms with Crippen LogP contribution in [0.1, 0.15) is 59.8 Å². The highest BCUT2D eigenvalue weighted by molar-refractivity contribution is 5.84. The zero-order valence-electron chi connectivity index (χ0n) is 12.6. The third-order valence-corrected chi connectivity index (χ3v) is 4.90. The molecule has 0 aliphatic heterocycles. The Balaban J connectivity index is 2.08. The summed E-state index contributed by atoms with van der Waals surface area (Å²) in [5.74, 6) is -0.445. The molecular formula is C15H27NO3. The van der Waals surface area contributed by atoms with Crippen LogP contribution in [0.5, 0.6) is 0 Å². The Morgan fingerprint density at radius 3 is 2.00 bits per heavy atom. The summed E-state index contributed by atoms with van der Waals surface area (Å²) in [6.07, 6.45) is 3.80. The summed E-state index contributed by atoms with van der Waals surface area (Å²) in [5.41, 5.74) is 0.192. The minimum absolute atomic E-state index is 0.0958. The molecule has 1 saturated carbocycles. The van der Waals surface area contributed by atoms with E-state index in [9.17, 15) is 9.59 Å². The first-order valence-corrected chi connectivity index (χ1v) is 7.20. The van der Waals surface area contributed by atoms with Crippen LogP contribution in [-0.4, -0.2) is 23.5 Å². The van der Waals surface area contributed by atoms with Gasteiger partial charge in [-0.25, -0.2) is 0 Å². The molecule has 0 aromatic carbocycles. The van der Waals surface area contributed by atoms with Crippen molar-refractivity contribution in [2.24, 2.45) is 16.7 Å². The molecule has 1 aliphatic rings. The van der Waals surface area contributed by atoms with Gasteiger partial charge in [0, 0.05) is 18.9 Å². The Hall–Kier alpha value is -1.06. The van der Waals surface area contributed by atoms with Gasteiger partial charge in [-0.15, -0.1) is 0 Å². The second-order valence-corrected chi connectivity index (χ2v) is 6.73. The van der Waals surface area contributed by atoms with Crippen molar-refractivity contribution in [2.75, 3.05) is 6.54 Å². The lowest BCUT2D eigenvalue weighted by Gasteiger charge is -2.06. The van der Waals surface area contributed by atoms with Crippen LogP contribution in [0.3, 0.4) is 0 Å². The fourth-order valence-corrected chi connectivity index (χ4v) is 2.92. The van der Waals surface area contributed by atoms with Crippen LogP contribution in [0.2, 0.25) is 0 Å². The summed E-state index contributed by atoms with van der Waals surface area (Å²) in [6.45, 7) is 9.27. The highest BCUT2D eigenvalue weighted by Gasteiger charge is 2.68. The molecule has 0 saturated heterocycles. The Kier molecular flexibility index (Phi) is 4.99. The topological polar surface area (TPSA) is 66.4 Å². The number of nitrogens with one attached hydrogen (secondary N) is 1. The monoisotopic (exact) mass is 269 g/mol. The van der Waals surface area contributed by atoms with Crippen molar-refractivity contribution in [2.45, 2.75) is 59.8 Å². The maximum absolute atomic E-state index is 12.0. The lowest BCUT2D eigenvalue weighted by molar-refractivity contribution is -0.137. The number of unbranched alkanes of at least 4 members (excludes halogenated alkanes) is 3. The van der Waals surface area contributed by atoms with E-state index in [2.05, 4.69) is 33.0 Å². The van der Waals surface area contributed by atoms with Gasteiger partial charge in [-0.2, -0.15) is 0 Å². The van der Waals surface area contributed by atoms with Gasteiger partial charge in [0.15, 0.2) is 0 Å². The lowest BCUT2D eigenvalue weighted by Crippen LogP contribution is -2.28. The second-order valence-electron chi connectivity index (χ2n) is 6.73. The minimum atomic E-state index is -0.730. The van der Waals surface area contributed by atoms with Crippen LogP contribution in [-0.2, 0) is 9.59 Å². The van der Waals surface area contributed by atoms with Crippen molar-refractivity contribution >= 4 is 11.9 Å². The molecule has 4 nitrogen and oxygen atoms in total. The smallest absolute Gasteiger partial charge is 0.303 e. The second kappa shape index (κ2) is 5.93. The maximum atomic E-state index is 12.0. The molecule has 0 spiro atoms. The van der Waals surface area contributed by atoms with Gasteiger partial charge < -0.3 is 10.4 Å². The van der Waals surface area contributed by atoms with E-state index in [1.807, 2.05) is 0 Å². The Labute approximate surface area is 116 Å². The van der Waals surface area contributed by atoms with Crippen molar-refractivity contribution in [1.29, 1.82) is 0 Å². The largest absolute Gasteiger partial charge is 0.481 e. The summed E-state index contributed by atoms with van der Waals surface area (Å²) in [5, 5.41) is 11.5. The molecule has 4 heteroatoms. The quantitative estimate of drug-likeness (QED) is 0.666. The molecule has 110 valence electrons. The Bertz CT molecular complexity index is 333. The number of hydrogen-bond donors (Lipinski definition) is 2. The van der Waals surface area contributed by atoms with Crippen LogP contribution >= 0.6 is 0 Å². The Morgan fingerprint density at radius 1 is 1.00 bits per heavy atom. The molecule has 19 heavy (non-hydrogen) atoms. The zero-order valence-corrected chi connectivity index (χ0v) is 12.6. The normalized spacial score (nSPS) is 20.0. The van der Waals surface area contributed by atoms with E-state index in [1.165, 1.54) is 0 Å². The number of carboxylic acids is 1. The standard InChI is InChI=1S/C15H27NO3/c1-14(2)12(15(14,3)4)13(19)16-10-8-6-5-7-9-11(17)18/h12H,5-10H2,1-4H3,(H,16,19)(H,17,18). The first kappa shape index (κ1) is 16.0. The molecule has 0 heterocycles. The van der Waals surface area contributed by atoms with Crippen molar-refractivity contribution < 1.29 is 14.7 Å². The molecule has 2 N–H and O–H groups in total. The molecule has 0 aromatic rings. The van der Waals surface area contributed by atoms with Gasteiger partial charge in [0.2, 0.25) is 5.91 Å². The number of aliphatic carboxylic acids is 1. The van der Waals surface area contributed by atoms with Gasteiger partial charge in [-0.05, 0) is 23.7 Å². The summed E-state index contributed by atoms with van der Waals surface area (Å²) < 4.78 is 0. The third-order valence-electron chi connectivity index (χ3n) is 4.90. The van der Waals surface area contributed by atoms with Gasteiger partial charge >= 0.3 is 5.97 Å². The number of amides is 1. The van der Waals surface area contributed by atoms with Gasteiger partial charge in [-0.1, -0.05) is 40.5 Å². The lowest BCUT2D eigenvalue weighted by atomic mass is 10.0. The molecule has 1 fully saturated rings. The molecule has 0 atom stereocenters. The number of carbonyl (C=O) groups excluding carboxylic acids is 1. The molecule has 0 radical (unpaired) electrons. The van der Waals surface area contributed by atoms with E-state index in [1.54, 1.807) is 0 Å². The Morgan fingerprint density at radius 2 is 1.53 bits per heavy atom. The fourth-order valence-electron chi connectivity index (χ4n) is 2.92. The zero-order chi connectivity index (χ0) is 14.7. The summed E-state index contributed by atoms with van der Waals surface area (Å²) in [7, 11) is 0. The fraction of sp³-hybridized carbons (Fsp3) is 0.867. The predicted octanol–water partition coefficient (Wildman–Crippen LogP) is 2.82. The molecule has 1 aliphatic carbocycles. The van der Waals surface area contributed by atoms with Gasteiger partial charge in [0.25, 0.3) is 0 Å². The van der Waals surface area contributed by atoms with E-state index in [4.69, 9.17) is 5.11 Å². The number of carbonyl (C=O) groups is 2. The number of rotatable bonds is 8. The van der Waals surface area contributed by atoms with E-state index >= 15 is 0 Å².